The monoisotopic (exact) mass is 301 g/mol. The van der Waals surface area contributed by atoms with E-state index in [0.717, 1.165) is 17.7 Å². The largest absolute Gasteiger partial charge is 0.483 e. The summed E-state index contributed by atoms with van der Waals surface area (Å²) in [5, 5.41) is 2.94. The molecule has 3 nitrogen and oxygen atoms in total. The Bertz CT molecular complexity index is 561. The van der Waals surface area contributed by atoms with Gasteiger partial charge in [0.2, 0.25) is 0 Å². The SMILES string of the molecule is Cc1cc(C)c(OCC(=O)NCCC2=CCCCC2)cc1C. The Morgan fingerprint density at radius 1 is 1.14 bits per heavy atom. The van der Waals surface area contributed by atoms with Crippen LogP contribution in [-0.2, 0) is 4.79 Å². The molecule has 0 fully saturated rings. The standard InChI is InChI=1S/C19H27NO2/c1-14-11-16(3)18(12-15(14)2)22-13-19(21)20-10-9-17-7-5-4-6-8-17/h7,11-12H,4-6,8-10,13H2,1-3H3,(H,20,21). The van der Waals surface area contributed by atoms with E-state index in [1.54, 1.807) is 0 Å². The third-order valence-corrected chi connectivity index (χ3v) is 4.30. The maximum Gasteiger partial charge on any atom is 0.257 e. The lowest BCUT2D eigenvalue weighted by molar-refractivity contribution is -0.123. The molecule has 1 aliphatic carbocycles. The van der Waals surface area contributed by atoms with Gasteiger partial charge in [-0.05, 0) is 75.6 Å². The zero-order valence-corrected chi connectivity index (χ0v) is 14.0. The van der Waals surface area contributed by atoms with Gasteiger partial charge in [-0.2, -0.15) is 0 Å². The van der Waals surface area contributed by atoms with Gasteiger partial charge in [0.1, 0.15) is 5.75 Å². The van der Waals surface area contributed by atoms with Gasteiger partial charge in [-0.3, -0.25) is 4.79 Å². The van der Waals surface area contributed by atoms with Crippen molar-refractivity contribution in [2.45, 2.75) is 52.9 Å². The van der Waals surface area contributed by atoms with Crippen LogP contribution in [0.15, 0.2) is 23.8 Å². The van der Waals surface area contributed by atoms with Gasteiger partial charge < -0.3 is 10.1 Å². The molecule has 1 aromatic carbocycles. The van der Waals surface area contributed by atoms with Crippen LogP contribution in [0.25, 0.3) is 0 Å². The predicted octanol–water partition coefficient (Wildman–Crippen LogP) is 4.00. The van der Waals surface area contributed by atoms with Crippen molar-refractivity contribution >= 4 is 5.91 Å². The van der Waals surface area contributed by atoms with Crippen molar-refractivity contribution in [3.63, 3.8) is 0 Å². The van der Waals surface area contributed by atoms with E-state index in [1.165, 1.54) is 42.4 Å². The molecule has 2 rings (SSSR count). The molecule has 22 heavy (non-hydrogen) atoms. The highest BCUT2D eigenvalue weighted by molar-refractivity contribution is 5.77. The van der Waals surface area contributed by atoms with Gasteiger partial charge in [-0.15, -0.1) is 0 Å². The fourth-order valence-electron chi connectivity index (χ4n) is 2.78. The highest BCUT2D eigenvalue weighted by Crippen LogP contribution is 2.22. The second-order valence-corrected chi connectivity index (χ2v) is 6.20. The number of ether oxygens (including phenoxy) is 1. The van der Waals surface area contributed by atoms with E-state index in [1.807, 2.05) is 13.0 Å². The first kappa shape index (κ1) is 16.6. The number of amides is 1. The van der Waals surface area contributed by atoms with Crippen LogP contribution in [0.4, 0.5) is 0 Å². The Labute approximate surface area is 133 Å². The van der Waals surface area contributed by atoms with Crippen molar-refractivity contribution in [2.24, 2.45) is 0 Å². The number of rotatable bonds is 6. The van der Waals surface area contributed by atoms with Crippen molar-refractivity contribution in [2.75, 3.05) is 13.2 Å². The topological polar surface area (TPSA) is 38.3 Å². The van der Waals surface area contributed by atoms with E-state index in [2.05, 4.69) is 31.3 Å². The lowest BCUT2D eigenvalue weighted by atomic mass is 9.97. The van der Waals surface area contributed by atoms with Crippen LogP contribution in [-0.4, -0.2) is 19.1 Å². The number of carbonyl (C=O) groups is 1. The summed E-state index contributed by atoms with van der Waals surface area (Å²) in [6.07, 6.45) is 8.26. The molecule has 0 saturated heterocycles. The van der Waals surface area contributed by atoms with Crippen molar-refractivity contribution in [3.8, 4) is 5.75 Å². The van der Waals surface area contributed by atoms with Crippen molar-refractivity contribution in [1.29, 1.82) is 0 Å². The Hall–Kier alpha value is -1.77. The van der Waals surface area contributed by atoms with Gasteiger partial charge in [-0.1, -0.05) is 17.7 Å². The zero-order valence-electron chi connectivity index (χ0n) is 14.0. The number of benzene rings is 1. The Morgan fingerprint density at radius 3 is 2.64 bits per heavy atom. The van der Waals surface area contributed by atoms with Crippen LogP contribution in [0.3, 0.4) is 0 Å². The first-order valence-electron chi connectivity index (χ1n) is 8.21. The third kappa shape index (κ3) is 4.90. The molecule has 1 aromatic rings. The van der Waals surface area contributed by atoms with Crippen LogP contribution < -0.4 is 10.1 Å². The minimum atomic E-state index is -0.0472. The first-order chi connectivity index (χ1) is 10.6. The van der Waals surface area contributed by atoms with Crippen LogP contribution in [0.2, 0.25) is 0 Å². The minimum Gasteiger partial charge on any atom is -0.483 e. The lowest BCUT2D eigenvalue weighted by Gasteiger charge is -2.14. The van der Waals surface area contributed by atoms with Gasteiger partial charge in [0, 0.05) is 6.54 Å². The van der Waals surface area contributed by atoms with E-state index < -0.39 is 0 Å². The van der Waals surface area contributed by atoms with Gasteiger partial charge in [-0.25, -0.2) is 0 Å². The van der Waals surface area contributed by atoms with Crippen LogP contribution in [0, 0.1) is 20.8 Å². The fourth-order valence-corrected chi connectivity index (χ4v) is 2.78. The van der Waals surface area contributed by atoms with Crippen molar-refractivity contribution in [1.82, 2.24) is 5.32 Å². The van der Waals surface area contributed by atoms with Crippen LogP contribution in [0.5, 0.6) is 5.75 Å². The predicted molar refractivity (Wildman–Crippen MR) is 90.3 cm³/mol. The minimum absolute atomic E-state index is 0.0472. The molecular weight excluding hydrogens is 274 g/mol. The molecule has 0 radical (unpaired) electrons. The number of allylic oxidation sites excluding steroid dienone is 1. The number of hydrogen-bond acceptors (Lipinski definition) is 2. The maximum atomic E-state index is 11.9. The quantitative estimate of drug-likeness (QED) is 0.807. The number of carbonyl (C=O) groups excluding carboxylic acids is 1. The highest BCUT2D eigenvalue weighted by Gasteiger charge is 2.08. The fraction of sp³-hybridized carbons (Fsp3) is 0.526. The molecule has 0 spiro atoms. The van der Waals surface area contributed by atoms with Gasteiger partial charge in [0.15, 0.2) is 6.61 Å². The summed E-state index contributed by atoms with van der Waals surface area (Å²) in [5.41, 5.74) is 4.99. The second-order valence-electron chi connectivity index (χ2n) is 6.20. The van der Waals surface area contributed by atoms with Crippen LogP contribution in [0.1, 0.15) is 48.8 Å². The van der Waals surface area contributed by atoms with E-state index in [-0.39, 0.29) is 12.5 Å². The molecule has 0 unspecified atom stereocenters. The average molecular weight is 301 g/mol. The zero-order chi connectivity index (χ0) is 15.9. The highest BCUT2D eigenvalue weighted by atomic mass is 16.5. The number of nitrogens with one attached hydrogen (secondary N) is 1. The first-order valence-corrected chi connectivity index (χ1v) is 8.21. The molecule has 0 aromatic heterocycles. The molecule has 0 bridgehead atoms. The Morgan fingerprint density at radius 2 is 1.91 bits per heavy atom. The normalized spacial score (nSPS) is 14.4. The second kappa shape index (κ2) is 8.02. The summed E-state index contributed by atoms with van der Waals surface area (Å²) in [7, 11) is 0. The number of hydrogen-bond donors (Lipinski definition) is 1. The van der Waals surface area contributed by atoms with Crippen molar-refractivity contribution < 1.29 is 9.53 Å². The Balaban J connectivity index is 1.73. The van der Waals surface area contributed by atoms with E-state index >= 15 is 0 Å². The van der Waals surface area contributed by atoms with E-state index in [9.17, 15) is 4.79 Å². The number of aryl methyl sites for hydroxylation is 3. The summed E-state index contributed by atoms with van der Waals surface area (Å²) in [6, 6.07) is 4.10. The average Bonchev–Trinajstić information content (AvgIpc) is 2.50. The van der Waals surface area contributed by atoms with Gasteiger partial charge in [0.25, 0.3) is 5.91 Å². The summed E-state index contributed by atoms with van der Waals surface area (Å²) >= 11 is 0. The van der Waals surface area contributed by atoms with Gasteiger partial charge >= 0.3 is 0 Å². The van der Waals surface area contributed by atoms with Crippen molar-refractivity contribution in [3.05, 3.63) is 40.5 Å². The molecular formula is C19H27NO2. The van der Waals surface area contributed by atoms with Gasteiger partial charge in [0.05, 0.1) is 0 Å². The van der Waals surface area contributed by atoms with E-state index in [4.69, 9.17) is 4.74 Å². The molecule has 1 aliphatic rings. The molecule has 120 valence electrons. The third-order valence-electron chi connectivity index (χ3n) is 4.30. The molecule has 0 saturated carbocycles. The summed E-state index contributed by atoms with van der Waals surface area (Å²) < 4.78 is 5.65. The maximum absolute atomic E-state index is 11.9. The molecule has 1 N–H and O–H groups in total. The molecule has 0 heterocycles. The summed E-state index contributed by atoms with van der Waals surface area (Å²) in [5.74, 6) is 0.752. The van der Waals surface area contributed by atoms with E-state index in [0.29, 0.717) is 6.54 Å². The molecule has 0 aliphatic heterocycles. The Kier molecular flexibility index (Phi) is 6.05. The summed E-state index contributed by atoms with van der Waals surface area (Å²) in [4.78, 5) is 11.9. The molecule has 1 amide bonds. The molecule has 3 heteroatoms. The van der Waals surface area contributed by atoms with Crippen LogP contribution >= 0.6 is 0 Å². The summed E-state index contributed by atoms with van der Waals surface area (Å²) in [6.45, 7) is 6.94. The molecule has 0 atom stereocenters. The smallest absolute Gasteiger partial charge is 0.257 e. The lowest BCUT2D eigenvalue weighted by Crippen LogP contribution is -2.30.